The van der Waals surface area contributed by atoms with Crippen LogP contribution in [0, 0.1) is 11.3 Å². The monoisotopic (exact) mass is 349 g/mol. The van der Waals surface area contributed by atoms with E-state index in [4.69, 9.17) is 9.47 Å². The van der Waals surface area contributed by atoms with Gasteiger partial charge in [0.25, 0.3) is 5.91 Å². The van der Waals surface area contributed by atoms with Gasteiger partial charge in [-0.25, -0.2) is 0 Å². The third kappa shape index (κ3) is 3.76. The summed E-state index contributed by atoms with van der Waals surface area (Å²) in [5, 5.41) is 0. The minimum atomic E-state index is 0.153. The number of rotatable bonds is 6. The van der Waals surface area contributed by atoms with Crippen LogP contribution >= 0.6 is 0 Å². The Kier molecular flexibility index (Phi) is 5.81. The summed E-state index contributed by atoms with van der Waals surface area (Å²) < 4.78 is 12.7. The van der Waals surface area contributed by atoms with Gasteiger partial charge in [0.2, 0.25) is 0 Å². The second-order valence-corrected chi connectivity index (χ2v) is 7.54. The van der Waals surface area contributed by atoms with Gasteiger partial charge in [0.1, 0.15) is 5.69 Å². The summed E-state index contributed by atoms with van der Waals surface area (Å²) in [5.74, 6) is 0.696. The maximum absolute atomic E-state index is 12.8. The zero-order chi connectivity index (χ0) is 17.9. The largest absolute Gasteiger partial charge is 0.384 e. The predicted octanol–water partition coefficient (Wildman–Crippen LogP) is 1.47. The lowest BCUT2D eigenvalue weighted by atomic mass is 9.71. The van der Waals surface area contributed by atoms with Crippen molar-refractivity contribution in [1.82, 2.24) is 14.4 Å². The van der Waals surface area contributed by atoms with E-state index >= 15 is 0 Å². The molecule has 2 fully saturated rings. The first-order valence-electron chi connectivity index (χ1n) is 9.20. The maximum atomic E-state index is 12.8. The van der Waals surface area contributed by atoms with Gasteiger partial charge >= 0.3 is 0 Å². The Labute approximate surface area is 150 Å². The molecule has 1 aromatic rings. The van der Waals surface area contributed by atoms with Crippen molar-refractivity contribution in [1.29, 1.82) is 0 Å². The van der Waals surface area contributed by atoms with Gasteiger partial charge in [-0.2, -0.15) is 0 Å². The molecule has 0 radical (unpaired) electrons. The number of piperidine rings is 1. The second kappa shape index (κ2) is 7.89. The molecule has 1 amide bonds. The number of methoxy groups -OCH3 is 2. The molecule has 0 saturated carbocycles. The molecular formula is C19H31N3O3. The number of aryl methyl sites for hydroxylation is 1. The molecule has 0 bridgehead atoms. The van der Waals surface area contributed by atoms with E-state index in [1.54, 1.807) is 14.2 Å². The van der Waals surface area contributed by atoms with Gasteiger partial charge in [-0.15, -0.1) is 0 Å². The summed E-state index contributed by atoms with van der Waals surface area (Å²) in [5.41, 5.74) is 1.05. The molecule has 25 heavy (non-hydrogen) atoms. The Morgan fingerprint density at radius 1 is 1.28 bits per heavy atom. The number of aromatic nitrogens is 1. The number of carbonyl (C=O) groups is 1. The van der Waals surface area contributed by atoms with Crippen molar-refractivity contribution in [3.63, 3.8) is 0 Å². The molecule has 2 aliphatic heterocycles. The number of hydrogen-bond acceptors (Lipinski definition) is 4. The number of ether oxygens (including phenoxy) is 2. The van der Waals surface area contributed by atoms with Gasteiger partial charge in [-0.05, 0) is 30.4 Å². The van der Waals surface area contributed by atoms with E-state index in [9.17, 15) is 4.79 Å². The minimum absolute atomic E-state index is 0.153. The molecular weight excluding hydrogens is 318 g/mol. The SMILES string of the molecule is COCCN1C[C@@H](COC)C2(CCN(C(=O)c3cccn3C)CC2)C1. The number of hydrogen-bond donors (Lipinski definition) is 0. The van der Waals surface area contributed by atoms with Gasteiger partial charge < -0.3 is 23.8 Å². The fraction of sp³-hybridized carbons (Fsp3) is 0.737. The molecule has 0 aromatic carbocycles. The van der Waals surface area contributed by atoms with Crippen molar-refractivity contribution in [3.8, 4) is 0 Å². The zero-order valence-corrected chi connectivity index (χ0v) is 15.7. The highest BCUT2D eigenvalue weighted by atomic mass is 16.5. The van der Waals surface area contributed by atoms with Crippen LogP contribution in [0.15, 0.2) is 18.3 Å². The van der Waals surface area contributed by atoms with E-state index in [0.29, 0.717) is 5.92 Å². The fourth-order valence-electron chi connectivity index (χ4n) is 4.53. The van der Waals surface area contributed by atoms with E-state index in [0.717, 1.165) is 64.5 Å². The van der Waals surface area contributed by atoms with Crippen molar-refractivity contribution in [3.05, 3.63) is 24.0 Å². The Morgan fingerprint density at radius 2 is 2.04 bits per heavy atom. The average Bonchev–Trinajstić information content (AvgIpc) is 3.18. The fourth-order valence-corrected chi connectivity index (χ4v) is 4.53. The molecule has 6 nitrogen and oxygen atoms in total. The Morgan fingerprint density at radius 3 is 2.64 bits per heavy atom. The van der Waals surface area contributed by atoms with Crippen LogP contribution in [0.1, 0.15) is 23.3 Å². The molecule has 6 heteroatoms. The van der Waals surface area contributed by atoms with Gasteiger partial charge in [-0.3, -0.25) is 4.79 Å². The molecule has 2 aliphatic rings. The first-order valence-corrected chi connectivity index (χ1v) is 9.20. The Bertz CT molecular complexity index is 578. The molecule has 0 unspecified atom stereocenters. The number of likely N-dealkylation sites (tertiary alicyclic amines) is 2. The molecule has 2 saturated heterocycles. The third-order valence-corrected chi connectivity index (χ3v) is 6.07. The smallest absolute Gasteiger partial charge is 0.270 e. The molecule has 0 N–H and O–H groups in total. The van der Waals surface area contributed by atoms with Crippen LogP contribution in [-0.2, 0) is 16.5 Å². The van der Waals surface area contributed by atoms with Crippen molar-refractivity contribution in [2.45, 2.75) is 12.8 Å². The molecule has 1 aromatic heterocycles. The van der Waals surface area contributed by atoms with Gasteiger partial charge in [-0.1, -0.05) is 0 Å². The molecule has 1 atom stereocenters. The van der Waals surface area contributed by atoms with Gasteiger partial charge in [0.05, 0.1) is 13.2 Å². The van der Waals surface area contributed by atoms with Crippen molar-refractivity contribution < 1.29 is 14.3 Å². The molecule has 3 rings (SSSR count). The highest BCUT2D eigenvalue weighted by Crippen LogP contribution is 2.44. The average molecular weight is 349 g/mol. The highest BCUT2D eigenvalue weighted by molar-refractivity contribution is 5.92. The van der Waals surface area contributed by atoms with Crippen molar-refractivity contribution in [2.24, 2.45) is 18.4 Å². The standard InChI is InChI=1S/C19H31N3O3/c1-20-8-4-5-17(20)18(23)22-9-6-19(7-10-22)15-21(11-12-24-2)13-16(19)14-25-3/h4-5,8,16H,6-7,9-15H2,1-3H3/t16-/m0/s1. The first-order chi connectivity index (χ1) is 12.1. The van der Waals surface area contributed by atoms with Crippen LogP contribution in [0.2, 0.25) is 0 Å². The van der Waals surface area contributed by atoms with E-state index in [2.05, 4.69) is 4.90 Å². The molecule has 140 valence electrons. The lowest BCUT2D eigenvalue weighted by Gasteiger charge is -2.42. The van der Waals surface area contributed by atoms with Crippen molar-refractivity contribution >= 4 is 5.91 Å². The van der Waals surface area contributed by atoms with Crippen LogP contribution in [0.4, 0.5) is 0 Å². The minimum Gasteiger partial charge on any atom is -0.384 e. The Balaban J connectivity index is 1.64. The maximum Gasteiger partial charge on any atom is 0.270 e. The number of carbonyl (C=O) groups excluding carboxylic acids is 1. The summed E-state index contributed by atoms with van der Waals surface area (Å²) in [6, 6.07) is 3.83. The van der Waals surface area contributed by atoms with E-state index in [1.165, 1.54) is 0 Å². The van der Waals surface area contributed by atoms with Crippen LogP contribution in [0.5, 0.6) is 0 Å². The lowest BCUT2D eigenvalue weighted by Crippen LogP contribution is -2.47. The summed E-state index contributed by atoms with van der Waals surface area (Å²) in [4.78, 5) is 17.3. The number of amides is 1. The molecule has 3 heterocycles. The normalized spacial score (nSPS) is 23.5. The van der Waals surface area contributed by atoms with Gasteiger partial charge in [0.15, 0.2) is 0 Å². The van der Waals surface area contributed by atoms with Crippen molar-refractivity contribution in [2.75, 3.05) is 60.2 Å². The Hall–Kier alpha value is -1.37. The zero-order valence-electron chi connectivity index (χ0n) is 15.7. The topological polar surface area (TPSA) is 46.9 Å². The molecule has 1 spiro atoms. The van der Waals surface area contributed by atoms with Crippen LogP contribution < -0.4 is 0 Å². The third-order valence-electron chi connectivity index (χ3n) is 6.07. The lowest BCUT2D eigenvalue weighted by molar-refractivity contribution is 0.0316. The van der Waals surface area contributed by atoms with E-state index in [1.807, 2.05) is 34.8 Å². The summed E-state index contributed by atoms with van der Waals surface area (Å²) in [6.07, 6.45) is 4.04. The quantitative estimate of drug-likeness (QED) is 0.780. The summed E-state index contributed by atoms with van der Waals surface area (Å²) >= 11 is 0. The molecule has 0 aliphatic carbocycles. The summed E-state index contributed by atoms with van der Waals surface area (Å²) in [6.45, 7) is 6.39. The van der Waals surface area contributed by atoms with Crippen LogP contribution in [0.3, 0.4) is 0 Å². The first kappa shape index (κ1) is 18.4. The number of nitrogens with zero attached hydrogens (tertiary/aromatic N) is 3. The van der Waals surface area contributed by atoms with Crippen LogP contribution in [-0.4, -0.2) is 80.4 Å². The van der Waals surface area contributed by atoms with Crippen LogP contribution in [0.25, 0.3) is 0 Å². The van der Waals surface area contributed by atoms with E-state index < -0.39 is 0 Å². The second-order valence-electron chi connectivity index (χ2n) is 7.54. The van der Waals surface area contributed by atoms with E-state index in [-0.39, 0.29) is 11.3 Å². The predicted molar refractivity (Wildman–Crippen MR) is 96.7 cm³/mol. The van der Waals surface area contributed by atoms with Gasteiger partial charge in [0, 0.05) is 66.1 Å². The summed E-state index contributed by atoms with van der Waals surface area (Å²) in [7, 11) is 5.48. The highest BCUT2D eigenvalue weighted by Gasteiger charge is 2.48.